The SMILES string of the molecule is CC(=O)c1cc(-n2cccc2)ccc1N1CCOCC1. The maximum atomic E-state index is 12.0. The van der Waals surface area contributed by atoms with Gasteiger partial charge >= 0.3 is 0 Å². The second-order valence-corrected chi connectivity index (χ2v) is 4.95. The number of anilines is 1. The van der Waals surface area contributed by atoms with Gasteiger partial charge in [-0.1, -0.05) is 0 Å². The minimum atomic E-state index is 0.0977. The molecule has 0 amide bonds. The van der Waals surface area contributed by atoms with Crippen LogP contribution in [-0.2, 0) is 4.74 Å². The van der Waals surface area contributed by atoms with Crippen LogP contribution in [0.1, 0.15) is 17.3 Å². The van der Waals surface area contributed by atoms with Gasteiger partial charge in [-0.3, -0.25) is 4.79 Å². The summed E-state index contributed by atoms with van der Waals surface area (Å²) in [6.07, 6.45) is 3.96. The number of carbonyl (C=O) groups excluding carboxylic acids is 1. The van der Waals surface area contributed by atoms with Gasteiger partial charge in [-0.15, -0.1) is 0 Å². The van der Waals surface area contributed by atoms with Gasteiger partial charge in [0.05, 0.1) is 13.2 Å². The van der Waals surface area contributed by atoms with Gasteiger partial charge in [-0.05, 0) is 37.3 Å². The Hall–Kier alpha value is -2.07. The molecular formula is C16H18N2O2. The summed E-state index contributed by atoms with van der Waals surface area (Å²) in [5, 5.41) is 0. The van der Waals surface area contributed by atoms with Gasteiger partial charge in [-0.2, -0.15) is 0 Å². The van der Waals surface area contributed by atoms with Gasteiger partial charge in [0, 0.05) is 42.4 Å². The molecule has 0 spiro atoms. The van der Waals surface area contributed by atoms with Crippen LogP contribution in [0.3, 0.4) is 0 Å². The van der Waals surface area contributed by atoms with Crippen LogP contribution in [-0.4, -0.2) is 36.7 Å². The minimum absolute atomic E-state index is 0.0977. The van der Waals surface area contributed by atoms with E-state index >= 15 is 0 Å². The molecule has 1 aliphatic rings. The smallest absolute Gasteiger partial charge is 0.161 e. The molecule has 1 aromatic carbocycles. The number of hydrogen-bond acceptors (Lipinski definition) is 3. The number of hydrogen-bond donors (Lipinski definition) is 0. The van der Waals surface area contributed by atoms with Crippen LogP contribution < -0.4 is 4.90 Å². The van der Waals surface area contributed by atoms with E-state index in [9.17, 15) is 4.79 Å². The standard InChI is InChI=1S/C16H18N2O2/c1-13(19)15-12-14(17-6-2-3-7-17)4-5-16(15)18-8-10-20-11-9-18/h2-7,12H,8-11H2,1H3. The number of aromatic nitrogens is 1. The van der Waals surface area contributed by atoms with Crippen LogP contribution in [0.4, 0.5) is 5.69 Å². The molecule has 0 atom stereocenters. The number of nitrogens with zero attached hydrogens (tertiary/aromatic N) is 2. The minimum Gasteiger partial charge on any atom is -0.378 e. The summed E-state index contributed by atoms with van der Waals surface area (Å²) in [4.78, 5) is 14.2. The van der Waals surface area contributed by atoms with Crippen molar-refractivity contribution in [1.29, 1.82) is 0 Å². The van der Waals surface area contributed by atoms with Crippen molar-refractivity contribution in [2.45, 2.75) is 6.92 Å². The molecule has 2 aromatic rings. The first-order chi connectivity index (χ1) is 9.75. The third-order valence-electron chi connectivity index (χ3n) is 3.61. The van der Waals surface area contributed by atoms with Crippen molar-refractivity contribution < 1.29 is 9.53 Å². The summed E-state index contributed by atoms with van der Waals surface area (Å²) in [7, 11) is 0. The van der Waals surface area contributed by atoms with Gasteiger partial charge < -0.3 is 14.2 Å². The monoisotopic (exact) mass is 270 g/mol. The summed E-state index contributed by atoms with van der Waals surface area (Å²) < 4.78 is 7.38. The molecule has 1 saturated heterocycles. The molecule has 2 heterocycles. The van der Waals surface area contributed by atoms with Gasteiger partial charge in [0.15, 0.2) is 5.78 Å². The van der Waals surface area contributed by atoms with Crippen LogP contribution >= 0.6 is 0 Å². The van der Waals surface area contributed by atoms with E-state index in [4.69, 9.17) is 4.74 Å². The zero-order valence-corrected chi connectivity index (χ0v) is 11.6. The van der Waals surface area contributed by atoms with E-state index in [1.807, 2.05) is 41.2 Å². The summed E-state index contributed by atoms with van der Waals surface area (Å²) in [6.45, 7) is 4.73. The van der Waals surface area contributed by atoms with Crippen molar-refractivity contribution in [2.24, 2.45) is 0 Å². The number of morpholine rings is 1. The molecule has 4 nitrogen and oxygen atoms in total. The number of rotatable bonds is 3. The van der Waals surface area contributed by atoms with Crippen LogP contribution in [0.5, 0.6) is 0 Å². The topological polar surface area (TPSA) is 34.5 Å². The third-order valence-corrected chi connectivity index (χ3v) is 3.61. The molecule has 4 heteroatoms. The Balaban J connectivity index is 2.00. The fraction of sp³-hybridized carbons (Fsp3) is 0.312. The van der Waals surface area contributed by atoms with Crippen molar-refractivity contribution in [3.63, 3.8) is 0 Å². The highest BCUT2D eigenvalue weighted by Crippen LogP contribution is 2.25. The highest BCUT2D eigenvalue weighted by atomic mass is 16.5. The van der Waals surface area contributed by atoms with Crippen LogP contribution in [0.25, 0.3) is 5.69 Å². The first-order valence-corrected chi connectivity index (χ1v) is 6.87. The molecule has 20 heavy (non-hydrogen) atoms. The van der Waals surface area contributed by atoms with E-state index in [2.05, 4.69) is 11.0 Å². The molecule has 104 valence electrons. The highest BCUT2D eigenvalue weighted by Gasteiger charge is 2.17. The lowest BCUT2D eigenvalue weighted by Gasteiger charge is -2.30. The summed E-state index contributed by atoms with van der Waals surface area (Å²) in [6, 6.07) is 10.0. The molecule has 0 N–H and O–H groups in total. The molecule has 3 rings (SSSR count). The van der Waals surface area contributed by atoms with E-state index in [-0.39, 0.29) is 5.78 Å². The van der Waals surface area contributed by atoms with Crippen LogP contribution in [0.15, 0.2) is 42.7 Å². The van der Waals surface area contributed by atoms with E-state index < -0.39 is 0 Å². The van der Waals surface area contributed by atoms with Crippen molar-refractivity contribution in [1.82, 2.24) is 4.57 Å². The fourth-order valence-corrected chi connectivity index (χ4v) is 2.55. The highest BCUT2D eigenvalue weighted by molar-refractivity contribution is 6.00. The van der Waals surface area contributed by atoms with Crippen molar-refractivity contribution in [3.8, 4) is 5.69 Å². The van der Waals surface area contributed by atoms with E-state index in [0.29, 0.717) is 0 Å². The zero-order chi connectivity index (χ0) is 13.9. The number of benzene rings is 1. The van der Waals surface area contributed by atoms with E-state index in [0.717, 1.165) is 43.2 Å². The lowest BCUT2D eigenvalue weighted by Crippen LogP contribution is -2.37. The predicted molar refractivity (Wildman–Crippen MR) is 78.8 cm³/mol. The molecule has 0 unspecified atom stereocenters. The van der Waals surface area contributed by atoms with Gasteiger partial charge in [0.25, 0.3) is 0 Å². The largest absolute Gasteiger partial charge is 0.378 e. The van der Waals surface area contributed by atoms with Crippen molar-refractivity contribution in [3.05, 3.63) is 48.3 Å². The Morgan fingerprint density at radius 3 is 2.50 bits per heavy atom. The van der Waals surface area contributed by atoms with Gasteiger partial charge in [-0.25, -0.2) is 0 Å². The normalized spacial score (nSPS) is 15.3. The molecule has 0 bridgehead atoms. The first-order valence-electron chi connectivity index (χ1n) is 6.87. The van der Waals surface area contributed by atoms with E-state index in [1.54, 1.807) is 6.92 Å². The van der Waals surface area contributed by atoms with E-state index in [1.165, 1.54) is 0 Å². The fourth-order valence-electron chi connectivity index (χ4n) is 2.55. The van der Waals surface area contributed by atoms with Crippen molar-refractivity contribution >= 4 is 11.5 Å². The Morgan fingerprint density at radius 2 is 1.85 bits per heavy atom. The quantitative estimate of drug-likeness (QED) is 0.804. The lowest BCUT2D eigenvalue weighted by molar-refractivity contribution is 0.101. The molecular weight excluding hydrogens is 252 g/mol. The maximum absolute atomic E-state index is 12.0. The van der Waals surface area contributed by atoms with Crippen molar-refractivity contribution in [2.75, 3.05) is 31.2 Å². The maximum Gasteiger partial charge on any atom is 0.161 e. The molecule has 1 aliphatic heterocycles. The zero-order valence-electron chi connectivity index (χ0n) is 11.6. The Morgan fingerprint density at radius 1 is 1.15 bits per heavy atom. The molecule has 0 aliphatic carbocycles. The molecule has 1 aromatic heterocycles. The van der Waals surface area contributed by atoms with Crippen LogP contribution in [0, 0.1) is 0 Å². The predicted octanol–water partition coefficient (Wildman–Crippen LogP) is 2.52. The summed E-state index contributed by atoms with van der Waals surface area (Å²) in [5.74, 6) is 0.0977. The van der Waals surface area contributed by atoms with Gasteiger partial charge in [0.2, 0.25) is 0 Å². The first kappa shape index (κ1) is 12.9. The molecule has 0 radical (unpaired) electrons. The number of Topliss-reactive ketones (excluding diaryl/α,β-unsaturated/α-hetero) is 1. The second-order valence-electron chi connectivity index (χ2n) is 4.95. The second kappa shape index (κ2) is 5.51. The summed E-state index contributed by atoms with van der Waals surface area (Å²) in [5.41, 5.74) is 2.80. The summed E-state index contributed by atoms with van der Waals surface area (Å²) >= 11 is 0. The Bertz CT molecular complexity index is 599. The van der Waals surface area contributed by atoms with Crippen LogP contribution in [0.2, 0.25) is 0 Å². The average Bonchev–Trinajstić information content (AvgIpc) is 3.02. The number of ether oxygens (including phenoxy) is 1. The Kier molecular flexibility index (Phi) is 3.56. The number of carbonyl (C=O) groups is 1. The van der Waals surface area contributed by atoms with Gasteiger partial charge in [0.1, 0.15) is 0 Å². The Labute approximate surface area is 118 Å². The molecule has 1 fully saturated rings. The molecule has 0 saturated carbocycles. The number of ketones is 1. The third kappa shape index (κ3) is 2.47. The lowest BCUT2D eigenvalue weighted by atomic mass is 10.1. The average molecular weight is 270 g/mol.